The third-order valence-corrected chi connectivity index (χ3v) is 16.3. The molecule has 0 bridgehead atoms. The fourth-order valence-electron chi connectivity index (χ4n) is 7.54. The van der Waals surface area contributed by atoms with Crippen LogP contribution in [0.2, 0.25) is 0 Å². The molecular formula is C42H77N2P+2. The highest BCUT2D eigenvalue weighted by atomic mass is 31.2. The summed E-state index contributed by atoms with van der Waals surface area (Å²) < 4.78 is 4.85. The summed E-state index contributed by atoms with van der Waals surface area (Å²) in [6.45, 7) is 35.2. The predicted molar refractivity (Wildman–Crippen MR) is 204 cm³/mol. The van der Waals surface area contributed by atoms with E-state index in [2.05, 4.69) is 149 Å². The fraction of sp³-hybridized carbons (Fsp3) is 0.786. The molecule has 0 saturated heterocycles. The van der Waals surface area contributed by atoms with Gasteiger partial charge in [-0.1, -0.05) is 134 Å². The van der Waals surface area contributed by atoms with E-state index in [0.717, 1.165) is 13.0 Å². The minimum absolute atomic E-state index is 0.0935. The van der Waals surface area contributed by atoms with Crippen molar-refractivity contribution in [1.82, 2.24) is 4.57 Å². The molecule has 3 heteroatoms. The standard InChI is InChI=1S/C42H77N2P/c1-15-19-28-45(29-20-16-2,30-21-17-3)33-35-22-24-36(25-23-35)37(40(8,9)10)31-41(11,12)42(13,14)38(32-39(5,6)7)44-27-26-43(18-4)34-44/h22-27,34,37-38H,15-21,28-33H2,1-14H3/q+2. The van der Waals surface area contributed by atoms with Crippen LogP contribution in [-0.4, -0.2) is 23.1 Å². The van der Waals surface area contributed by atoms with Crippen molar-refractivity contribution in [2.75, 3.05) is 18.5 Å². The summed E-state index contributed by atoms with van der Waals surface area (Å²) >= 11 is 0. The van der Waals surface area contributed by atoms with E-state index in [0.29, 0.717) is 12.0 Å². The first kappa shape index (κ1) is 40.0. The van der Waals surface area contributed by atoms with Gasteiger partial charge in [-0.3, -0.25) is 0 Å². The Labute approximate surface area is 282 Å². The molecule has 0 aliphatic carbocycles. The molecule has 0 spiro atoms. The fourth-order valence-corrected chi connectivity index (χ4v) is 12.6. The van der Waals surface area contributed by atoms with Gasteiger partial charge in [0.1, 0.15) is 18.4 Å². The van der Waals surface area contributed by atoms with Gasteiger partial charge in [0, 0.05) is 12.7 Å². The number of aromatic nitrogens is 2. The highest BCUT2D eigenvalue weighted by Gasteiger charge is 2.49. The van der Waals surface area contributed by atoms with Gasteiger partial charge in [-0.15, -0.1) is 0 Å². The summed E-state index contributed by atoms with van der Waals surface area (Å²) in [5, 5.41) is 0. The SMILES string of the molecule is CCCC[P+](CCCC)(CCCC)Cc1ccc(C(CC(C)(C)C(C)(C)C(CC(C)(C)C)n2cc[n+](CC)c2)C(C)(C)C)cc1. The monoisotopic (exact) mass is 641 g/mol. The number of aryl methyl sites for hydroxylation is 1. The lowest BCUT2D eigenvalue weighted by molar-refractivity contribution is -0.693. The van der Waals surface area contributed by atoms with Gasteiger partial charge >= 0.3 is 0 Å². The summed E-state index contributed by atoms with van der Waals surface area (Å²) in [5.41, 5.74) is 3.80. The maximum absolute atomic E-state index is 2.56. The van der Waals surface area contributed by atoms with Crippen molar-refractivity contribution < 1.29 is 4.57 Å². The molecule has 2 aromatic rings. The van der Waals surface area contributed by atoms with Crippen LogP contribution in [0.3, 0.4) is 0 Å². The van der Waals surface area contributed by atoms with E-state index in [4.69, 9.17) is 0 Å². The van der Waals surface area contributed by atoms with Crippen LogP contribution in [0, 0.1) is 21.7 Å². The average Bonchev–Trinajstić information content (AvgIpc) is 3.44. The second-order valence-corrected chi connectivity index (χ2v) is 22.5. The third kappa shape index (κ3) is 11.5. The van der Waals surface area contributed by atoms with Crippen LogP contribution in [0.1, 0.15) is 171 Å². The van der Waals surface area contributed by atoms with Crippen LogP contribution in [0.4, 0.5) is 0 Å². The maximum Gasteiger partial charge on any atom is 0.243 e. The topological polar surface area (TPSA) is 8.81 Å². The van der Waals surface area contributed by atoms with Gasteiger partial charge in [-0.05, 0) is 72.3 Å². The molecule has 2 atom stereocenters. The van der Waals surface area contributed by atoms with Gasteiger partial charge in [0.15, 0.2) is 0 Å². The van der Waals surface area contributed by atoms with Crippen LogP contribution in [0.15, 0.2) is 43.0 Å². The molecule has 1 heterocycles. The van der Waals surface area contributed by atoms with Crippen molar-refractivity contribution in [3.05, 3.63) is 54.1 Å². The number of hydrogen-bond acceptors (Lipinski definition) is 0. The number of imidazole rings is 1. The van der Waals surface area contributed by atoms with Gasteiger partial charge < -0.3 is 0 Å². The molecule has 258 valence electrons. The Morgan fingerprint density at radius 2 is 1.22 bits per heavy atom. The Morgan fingerprint density at radius 3 is 1.62 bits per heavy atom. The number of rotatable bonds is 19. The minimum atomic E-state index is -0.957. The molecule has 45 heavy (non-hydrogen) atoms. The Hall–Kier alpha value is -1.14. The first-order valence-electron chi connectivity index (χ1n) is 18.8. The van der Waals surface area contributed by atoms with E-state index in [1.165, 1.54) is 75.2 Å². The molecule has 2 nitrogen and oxygen atoms in total. The molecule has 0 aliphatic heterocycles. The molecule has 0 N–H and O–H groups in total. The normalized spacial score (nSPS) is 15.0. The minimum Gasteiger partial charge on any atom is -0.237 e. The average molecular weight is 641 g/mol. The Bertz CT molecular complexity index is 1090. The maximum atomic E-state index is 2.56. The van der Waals surface area contributed by atoms with Gasteiger partial charge in [-0.25, -0.2) is 9.13 Å². The third-order valence-electron chi connectivity index (χ3n) is 11.4. The van der Waals surface area contributed by atoms with Crippen LogP contribution < -0.4 is 4.57 Å². The predicted octanol–water partition coefficient (Wildman–Crippen LogP) is 13.0. The Morgan fingerprint density at radius 1 is 0.711 bits per heavy atom. The first-order valence-corrected chi connectivity index (χ1v) is 21.4. The van der Waals surface area contributed by atoms with Crippen molar-refractivity contribution in [1.29, 1.82) is 0 Å². The largest absolute Gasteiger partial charge is 0.243 e. The lowest BCUT2D eigenvalue weighted by atomic mass is 9.56. The lowest BCUT2D eigenvalue weighted by Crippen LogP contribution is -2.44. The Balaban J connectivity index is 2.44. The second-order valence-electron chi connectivity index (χ2n) is 18.2. The molecule has 2 unspecified atom stereocenters. The quantitative estimate of drug-likeness (QED) is 0.107. The summed E-state index contributed by atoms with van der Waals surface area (Å²) in [5.74, 6) is 0.501. The molecule has 2 rings (SSSR count). The lowest BCUT2D eigenvalue weighted by Gasteiger charge is -2.50. The zero-order chi connectivity index (χ0) is 34.1. The highest BCUT2D eigenvalue weighted by Crippen LogP contribution is 2.63. The molecule has 1 aromatic carbocycles. The Kier molecular flexibility index (Phi) is 14.9. The molecule has 0 fully saturated rings. The number of hydrogen-bond donors (Lipinski definition) is 0. The van der Waals surface area contributed by atoms with Crippen molar-refractivity contribution in [2.24, 2.45) is 21.7 Å². The highest BCUT2D eigenvalue weighted by molar-refractivity contribution is 7.75. The first-order chi connectivity index (χ1) is 20.8. The van der Waals surface area contributed by atoms with E-state index in [1.54, 1.807) is 5.56 Å². The number of unbranched alkanes of at least 4 members (excludes halogenated alkanes) is 3. The van der Waals surface area contributed by atoms with Crippen LogP contribution >= 0.6 is 7.26 Å². The molecular weight excluding hydrogens is 563 g/mol. The van der Waals surface area contributed by atoms with E-state index in [9.17, 15) is 0 Å². The molecule has 0 amide bonds. The second kappa shape index (κ2) is 16.8. The van der Waals surface area contributed by atoms with Crippen molar-refractivity contribution in [2.45, 2.75) is 173 Å². The van der Waals surface area contributed by atoms with Crippen molar-refractivity contribution >= 4 is 7.26 Å². The van der Waals surface area contributed by atoms with Crippen LogP contribution in [-0.2, 0) is 12.7 Å². The van der Waals surface area contributed by atoms with E-state index in [1.807, 2.05) is 0 Å². The van der Waals surface area contributed by atoms with E-state index in [-0.39, 0.29) is 21.7 Å². The zero-order valence-corrected chi connectivity index (χ0v) is 33.6. The smallest absolute Gasteiger partial charge is 0.237 e. The van der Waals surface area contributed by atoms with Crippen molar-refractivity contribution in [3.8, 4) is 0 Å². The van der Waals surface area contributed by atoms with Gasteiger partial charge in [0.25, 0.3) is 0 Å². The van der Waals surface area contributed by atoms with Gasteiger partial charge in [0.05, 0.1) is 31.2 Å². The molecule has 0 radical (unpaired) electrons. The number of benzene rings is 1. The van der Waals surface area contributed by atoms with Crippen LogP contribution in [0.5, 0.6) is 0 Å². The summed E-state index contributed by atoms with van der Waals surface area (Å²) in [4.78, 5) is 0. The zero-order valence-electron chi connectivity index (χ0n) is 32.7. The van der Waals surface area contributed by atoms with Crippen LogP contribution in [0.25, 0.3) is 0 Å². The summed E-state index contributed by atoms with van der Waals surface area (Å²) in [6.07, 6.45) is 23.3. The molecule has 0 saturated carbocycles. The molecule has 0 aliphatic rings. The number of nitrogens with zero attached hydrogens (tertiary/aromatic N) is 2. The van der Waals surface area contributed by atoms with Crippen molar-refractivity contribution in [3.63, 3.8) is 0 Å². The summed E-state index contributed by atoms with van der Waals surface area (Å²) in [6, 6.07) is 10.6. The summed E-state index contributed by atoms with van der Waals surface area (Å²) in [7, 11) is -0.957. The van der Waals surface area contributed by atoms with Gasteiger partial charge in [0.2, 0.25) is 6.33 Å². The molecule has 1 aromatic heterocycles. The van der Waals surface area contributed by atoms with E-state index >= 15 is 0 Å². The van der Waals surface area contributed by atoms with Gasteiger partial charge in [-0.2, -0.15) is 0 Å². The van der Waals surface area contributed by atoms with E-state index < -0.39 is 7.26 Å².